The van der Waals surface area contributed by atoms with Crippen molar-refractivity contribution in [3.8, 4) is 0 Å². The lowest BCUT2D eigenvalue weighted by molar-refractivity contribution is -0.145. The van der Waals surface area contributed by atoms with Crippen molar-refractivity contribution in [2.45, 2.75) is 58.5 Å². The first-order valence-corrected chi connectivity index (χ1v) is 11.0. The van der Waals surface area contributed by atoms with Crippen LogP contribution >= 0.6 is 0 Å². The lowest BCUT2D eigenvalue weighted by Crippen LogP contribution is -2.46. The van der Waals surface area contributed by atoms with Gasteiger partial charge in [-0.25, -0.2) is 0 Å². The lowest BCUT2D eigenvalue weighted by Gasteiger charge is -2.32. The molecule has 0 aliphatic carbocycles. The van der Waals surface area contributed by atoms with Crippen molar-refractivity contribution >= 4 is 29.6 Å². The molecule has 0 saturated carbocycles. The number of ether oxygens (including phenoxy) is 1. The average molecular weight is 444 g/mol. The highest BCUT2D eigenvalue weighted by Crippen LogP contribution is 2.26. The third kappa shape index (κ3) is 4.98. The molecular weight excluding hydrogens is 414 g/mol. The number of nitrogens with zero attached hydrogens (tertiary/aromatic N) is 2. The molecule has 9 heteroatoms. The molecule has 1 aromatic rings. The van der Waals surface area contributed by atoms with Crippen LogP contribution in [-0.4, -0.2) is 71.2 Å². The first-order chi connectivity index (χ1) is 15.2. The predicted octanol–water partition coefficient (Wildman–Crippen LogP) is 1.76. The highest BCUT2D eigenvalue weighted by atomic mass is 16.5. The van der Waals surface area contributed by atoms with Gasteiger partial charge in [-0.05, 0) is 51.8 Å². The summed E-state index contributed by atoms with van der Waals surface area (Å²) in [6.45, 7) is 6.54. The minimum Gasteiger partial charge on any atom is -0.466 e. The van der Waals surface area contributed by atoms with Crippen LogP contribution in [0.15, 0.2) is 18.2 Å². The van der Waals surface area contributed by atoms with E-state index in [9.17, 15) is 24.0 Å². The van der Waals surface area contributed by atoms with Crippen LogP contribution < -0.4 is 5.32 Å². The van der Waals surface area contributed by atoms with Gasteiger partial charge in [-0.1, -0.05) is 0 Å². The van der Waals surface area contributed by atoms with Gasteiger partial charge >= 0.3 is 5.97 Å². The Kier molecular flexibility index (Phi) is 7.27. The fourth-order valence-corrected chi connectivity index (χ4v) is 4.01. The van der Waals surface area contributed by atoms with E-state index in [4.69, 9.17) is 4.74 Å². The van der Waals surface area contributed by atoms with Crippen LogP contribution in [0.1, 0.15) is 77.5 Å². The first kappa shape index (κ1) is 23.4. The Morgan fingerprint density at radius 2 is 1.72 bits per heavy atom. The molecule has 2 heterocycles. The summed E-state index contributed by atoms with van der Waals surface area (Å²) in [5, 5.41) is 2.95. The zero-order chi connectivity index (χ0) is 23.4. The van der Waals surface area contributed by atoms with Crippen molar-refractivity contribution in [2.75, 3.05) is 19.7 Å². The van der Waals surface area contributed by atoms with Crippen LogP contribution in [0.25, 0.3) is 0 Å². The zero-order valence-corrected chi connectivity index (χ0v) is 18.7. The molecule has 1 fully saturated rings. The molecule has 0 radical (unpaired) electrons. The van der Waals surface area contributed by atoms with Gasteiger partial charge in [0, 0.05) is 37.2 Å². The maximum atomic E-state index is 12.7. The fraction of sp³-hybridized carbons (Fsp3) is 0.522. The van der Waals surface area contributed by atoms with Crippen LogP contribution in [0, 0.1) is 0 Å². The molecule has 172 valence electrons. The molecule has 1 saturated heterocycles. The molecule has 2 aliphatic heterocycles. The van der Waals surface area contributed by atoms with E-state index in [-0.39, 0.29) is 60.1 Å². The molecule has 4 amide bonds. The molecular formula is C23H29N3O6. The van der Waals surface area contributed by atoms with Crippen molar-refractivity contribution < 1.29 is 28.7 Å². The summed E-state index contributed by atoms with van der Waals surface area (Å²) < 4.78 is 4.84. The topological polar surface area (TPSA) is 113 Å². The number of carbonyl (C=O) groups excluding carboxylic acids is 5. The Labute approximate surface area is 187 Å². The summed E-state index contributed by atoms with van der Waals surface area (Å²) in [6.07, 6.45) is 1.38. The van der Waals surface area contributed by atoms with Crippen molar-refractivity contribution in [1.82, 2.24) is 15.1 Å². The van der Waals surface area contributed by atoms with Crippen LogP contribution in [0.5, 0.6) is 0 Å². The highest BCUT2D eigenvalue weighted by molar-refractivity contribution is 6.22. The summed E-state index contributed by atoms with van der Waals surface area (Å²) in [5.74, 6) is -1.52. The number of imide groups is 1. The van der Waals surface area contributed by atoms with Gasteiger partial charge in [0.2, 0.25) is 5.91 Å². The smallest absolute Gasteiger partial charge is 0.306 e. The Balaban J connectivity index is 1.53. The van der Waals surface area contributed by atoms with Crippen molar-refractivity contribution in [3.05, 3.63) is 34.9 Å². The monoisotopic (exact) mass is 443 g/mol. The largest absolute Gasteiger partial charge is 0.466 e. The lowest BCUT2D eigenvalue weighted by atomic mass is 10.0. The minimum atomic E-state index is -0.385. The molecule has 0 atom stereocenters. The van der Waals surface area contributed by atoms with E-state index in [1.807, 2.05) is 0 Å². The van der Waals surface area contributed by atoms with Crippen molar-refractivity contribution in [1.29, 1.82) is 0 Å². The fourth-order valence-electron chi connectivity index (χ4n) is 4.01. The number of amides is 4. The molecule has 0 aromatic heterocycles. The number of hydrogen-bond acceptors (Lipinski definition) is 6. The van der Waals surface area contributed by atoms with Gasteiger partial charge in [0.15, 0.2) is 0 Å². The van der Waals surface area contributed by atoms with E-state index >= 15 is 0 Å². The van der Waals surface area contributed by atoms with Crippen LogP contribution in [0.2, 0.25) is 0 Å². The third-order valence-corrected chi connectivity index (χ3v) is 5.73. The van der Waals surface area contributed by atoms with E-state index in [0.717, 1.165) is 0 Å². The summed E-state index contributed by atoms with van der Waals surface area (Å²) in [5.41, 5.74) is 0.886. The second-order valence-electron chi connectivity index (χ2n) is 8.27. The van der Waals surface area contributed by atoms with Gasteiger partial charge in [0.25, 0.3) is 17.7 Å². The minimum absolute atomic E-state index is 0.0666. The number of rotatable bonds is 7. The van der Waals surface area contributed by atoms with Gasteiger partial charge in [-0.15, -0.1) is 0 Å². The molecule has 3 rings (SSSR count). The van der Waals surface area contributed by atoms with Gasteiger partial charge in [-0.2, -0.15) is 0 Å². The van der Waals surface area contributed by atoms with E-state index in [1.165, 1.54) is 17.0 Å². The van der Waals surface area contributed by atoms with Crippen LogP contribution in [0.4, 0.5) is 0 Å². The van der Waals surface area contributed by atoms with E-state index in [0.29, 0.717) is 43.7 Å². The Hall–Kier alpha value is -3.23. The number of benzene rings is 1. The van der Waals surface area contributed by atoms with Gasteiger partial charge in [0.05, 0.1) is 24.2 Å². The Bertz CT molecular complexity index is 934. The zero-order valence-electron chi connectivity index (χ0n) is 18.7. The summed E-state index contributed by atoms with van der Waals surface area (Å²) in [6, 6.07) is 4.19. The molecule has 1 aromatic carbocycles. The normalized spacial score (nSPS) is 16.4. The van der Waals surface area contributed by atoms with E-state index in [1.54, 1.807) is 31.7 Å². The van der Waals surface area contributed by atoms with Crippen LogP contribution in [-0.2, 0) is 14.3 Å². The molecule has 32 heavy (non-hydrogen) atoms. The quantitative estimate of drug-likeness (QED) is 0.507. The average Bonchev–Trinajstić information content (AvgIpc) is 3.02. The van der Waals surface area contributed by atoms with E-state index in [2.05, 4.69) is 5.32 Å². The number of fused-ring (bicyclic) bond motifs is 1. The van der Waals surface area contributed by atoms with Crippen molar-refractivity contribution in [3.63, 3.8) is 0 Å². The van der Waals surface area contributed by atoms with Gasteiger partial charge in [-0.3, -0.25) is 28.9 Å². The number of esters is 1. The SMILES string of the molecule is CCOC(=O)CCC(=O)N1CCC(NC(=O)c2ccc3c(c2)C(=O)N(C(C)C)C3=O)CC1. The van der Waals surface area contributed by atoms with Crippen LogP contribution in [0.3, 0.4) is 0 Å². The molecule has 1 N–H and O–H groups in total. The summed E-state index contributed by atoms with van der Waals surface area (Å²) >= 11 is 0. The predicted molar refractivity (Wildman–Crippen MR) is 115 cm³/mol. The Morgan fingerprint density at radius 1 is 1.06 bits per heavy atom. The number of likely N-dealkylation sites (tertiary alicyclic amines) is 1. The molecule has 9 nitrogen and oxygen atoms in total. The molecule has 2 aliphatic rings. The second kappa shape index (κ2) is 9.93. The number of piperidine rings is 1. The first-order valence-electron chi connectivity index (χ1n) is 11.0. The standard InChI is InChI=1S/C23H29N3O6/c1-4-32-20(28)8-7-19(27)25-11-9-16(10-12-25)24-21(29)15-5-6-17-18(13-15)23(31)26(14(2)3)22(17)30/h5-6,13-14,16H,4,7-12H2,1-3H3,(H,24,29). The molecule has 0 spiro atoms. The van der Waals surface area contributed by atoms with Gasteiger partial charge < -0.3 is 15.0 Å². The number of hydrogen-bond donors (Lipinski definition) is 1. The summed E-state index contributed by atoms with van der Waals surface area (Å²) in [7, 11) is 0. The maximum absolute atomic E-state index is 12.7. The van der Waals surface area contributed by atoms with E-state index < -0.39 is 0 Å². The summed E-state index contributed by atoms with van der Waals surface area (Å²) in [4.78, 5) is 64.2. The highest BCUT2D eigenvalue weighted by Gasteiger charge is 2.37. The van der Waals surface area contributed by atoms with Gasteiger partial charge in [0.1, 0.15) is 0 Å². The maximum Gasteiger partial charge on any atom is 0.306 e. The van der Waals surface area contributed by atoms with Crippen molar-refractivity contribution in [2.24, 2.45) is 0 Å². The number of carbonyl (C=O) groups is 5. The third-order valence-electron chi connectivity index (χ3n) is 5.73. The second-order valence-corrected chi connectivity index (χ2v) is 8.27. The Morgan fingerprint density at radius 3 is 2.34 bits per heavy atom. The molecule has 0 unspecified atom stereocenters. The molecule has 0 bridgehead atoms. The number of nitrogens with one attached hydrogen (secondary N) is 1.